The number of benzene rings is 1. The number of furan rings is 1. The van der Waals surface area contributed by atoms with E-state index in [9.17, 15) is 0 Å². The van der Waals surface area contributed by atoms with Gasteiger partial charge in [-0.3, -0.25) is 0 Å². The van der Waals surface area contributed by atoms with Crippen LogP contribution in [0.3, 0.4) is 0 Å². The highest BCUT2D eigenvalue weighted by molar-refractivity contribution is 6.33. The molecule has 1 aromatic carbocycles. The van der Waals surface area contributed by atoms with Gasteiger partial charge in [0.05, 0.1) is 22.5 Å². The lowest BCUT2D eigenvalue weighted by Crippen LogP contribution is -1.91. The third-order valence-electron chi connectivity index (χ3n) is 2.77. The van der Waals surface area contributed by atoms with E-state index >= 15 is 0 Å². The minimum atomic E-state index is 0.311. The standard InChI is InChI=1S/C13H10ClN3O2/c1-7-5-6-18-11(7)12-16-13(19-17-12)8-3-2-4-9(14)10(8)15/h2-6H,15H2,1H3. The predicted molar refractivity (Wildman–Crippen MR) is 71.6 cm³/mol. The molecule has 3 aromatic rings. The largest absolute Gasteiger partial charge is 0.461 e. The quantitative estimate of drug-likeness (QED) is 0.724. The van der Waals surface area contributed by atoms with Crippen LogP contribution in [0.4, 0.5) is 5.69 Å². The molecule has 0 aliphatic rings. The summed E-state index contributed by atoms with van der Waals surface area (Å²) in [4.78, 5) is 4.28. The number of hydrogen-bond acceptors (Lipinski definition) is 5. The van der Waals surface area contributed by atoms with E-state index in [4.69, 9.17) is 26.3 Å². The average Bonchev–Trinajstić information content (AvgIpc) is 3.01. The van der Waals surface area contributed by atoms with Crippen molar-refractivity contribution >= 4 is 17.3 Å². The third kappa shape index (κ3) is 1.98. The molecule has 2 N–H and O–H groups in total. The molecule has 0 fully saturated rings. The molecule has 19 heavy (non-hydrogen) atoms. The smallest absolute Gasteiger partial charge is 0.260 e. The van der Waals surface area contributed by atoms with Crippen molar-refractivity contribution in [1.82, 2.24) is 10.1 Å². The molecule has 5 nitrogen and oxygen atoms in total. The molecule has 96 valence electrons. The number of halogens is 1. The van der Waals surface area contributed by atoms with Crippen molar-refractivity contribution in [1.29, 1.82) is 0 Å². The van der Waals surface area contributed by atoms with Crippen LogP contribution in [0.15, 0.2) is 39.5 Å². The molecule has 2 heterocycles. The molecular weight excluding hydrogens is 266 g/mol. The third-order valence-corrected chi connectivity index (χ3v) is 3.10. The predicted octanol–water partition coefficient (Wildman–Crippen LogP) is 3.54. The highest BCUT2D eigenvalue weighted by Crippen LogP contribution is 2.32. The summed E-state index contributed by atoms with van der Waals surface area (Å²) in [5.41, 5.74) is 7.85. The van der Waals surface area contributed by atoms with E-state index in [1.54, 1.807) is 24.5 Å². The Bertz CT molecular complexity index is 733. The van der Waals surface area contributed by atoms with Crippen LogP contribution in [0.2, 0.25) is 5.02 Å². The molecule has 6 heteroatoms. The maximum atomic E-state index is 5.96. The molecule has 0 aliphatic heterocycles. The first-order valence-corrected chi connectivity index (χ1v) is 5.97. The van der Waals surface area contributed by atoms with Gasteiger partial charge in [0.1, 0.15) is 0 Å². The van der Waals surface area contributed by atoms with Crippen molar-refractivity contribution < 1.29 is 8.94 Å². The number of aromatic nitrogens is 2. The van der Waals surface area contributed by atoms with E-state index in [-0.39, 0.29) is 0 Å². The zero-order chi connectivity index (χ0) is 13.4. The second kappa shape index (κ2) is 4.44. The van der Waals surface area contributed by atoms with Crippen LogP contribution < -0.4 is 5.73 Å². The zero-order valence-corrected chi connectivity index (χ0v) is 10.8. The number of hydrogen-bond donors (Lipinski definition) is 1. The molecule has 0 bridgehead atoms. The van der Waals surface area contributed by atoms with Crippen molar-refractivity contribution in [2.24, 2.45) is 0 Å². The number of para-hydroxylation sites is 1. The summed E-state index contributed by atoms with van der Waals surface area (Å²) in [6.45, 7) is 1.91. The Hall–Kier alpha value is -2.27. The van der Waals surface area contributed by atoms with Crippen LogP contribution in [-0.4, -0.2) is 10.1 Å². The lowest BCUT2D eigenvalue weighted by molar-refractivity contribution is 0.429. The van der Waals surface area contributed by atoms with Crippen molar-refractivity contribution in [2.75, 3.05) is 5.73 Å². The molecule has 0 radical (unpaired) electrons. The normalized spacial score (nSPS) is 10.8. The highest BCUT2D eigenvalue weighted by atomic mass is 35.5. The topological polar surface area (TPSA) is 78.1 Å². The Morgan fingerprint density at radius 1 is 1.26 bits per heavy atom. The van der Waals surface area contributed by atoms with Crippen LogP contribution in [0, 0.1) is 6.92 Å². The molecule has 2 aromatic heterocycles. The van der Waals surface area contributed by atoms with Gasteiger partial charge >= 0.3 is 0 Å². The van der Waals surface area contributed by atoms with Crippen molar-refractivity contribution in [3.8, 4) is 23.0 Å². The van der Waals surface area contributed by atoms with E-state index in [0.717, 1.165) is 5.56 Å². The summed E-state index contributed by atoms with van der Waals surface area (Å²) in [7, 11) is 0. The second-order valence-electron chi connectivity index (χ2n) is 4.06. The first-order chi connectivity index (χ1) is 9.16. The van der Waals surface area contributed by atoms with Gasteiger partial charge in [0.25, 0.3) is 5.89 Å². The van der Waals surface area contributed by atoms with E-state index in [2.05, 4.69) is 10.1 Å². The Labute approximate surface area is 114 Å². The summed E-state index contributed by atoms with van der Waals surface area (Å²) < 4.78 is 10.5. The zero-order valence-electron chi connectivity index (χ0n) is 10.1. The van der Waals surface area contributed by atoms with Crippen LogP contribution in [-0.2, 0) is 0 Å². The SMILES string of the molecule is Cc1ccoc1-c1noc(-c2cccc(Cl)c2N)n1. The molecule has 0 atom stereocenters. The van der Waals surface area contributed by atoms with Crippen molar-refractivity contribution in [3.63, 3.8) is 0 Å². The fraction of sp³-hybridized carbons (Fsp3) is 0.0769. The lowest BCUT2D eigenvalue weighted by Gasteiger charge is -2.01. The van der Waals surface area contributed by atoms with Crippen LogP contribution in [0.1, 0.15) is 5.56 Å². The summed E-state index contributed by atoms with van der Waals surface area (Å²) in [5, 5.41) is 4.34. The molecule has 0 saturated heterocycles. The first-order valence-electron chi connectivity index (χ1n) is 5.59. The minimum Gasteiger partial charge on any atom is -0.461 e. The van der Waals surface area contributed by atoms with E-state index in [1.165, 1.54) is 0 Å². The molecule has 0 unspecified atom stereocenters. The van der Waals surface area contributed by atoms with Gasteiger partial charge in [-0.1, -0.05) is 22.8 Å². The first kappa shape index (κ1) is 11.8. The Morgan fingerprint density at radius 2 is 2.11 bits per heavy atom. The second-order valence-corrected chi connectivity index (χ2v) is 4.46. The summed E-state index contributed by atoms with van der Waals surface area (Å²) in [6, 6.07) is 7.08. The van der Waals surface area contributed by atoms with Gasteiger partial charge in [-0.2, -0.15) is 4.98 Å². The molecular formula is C13H10ClN3O2. The lowest BCUT2D eigenvalue weighted by atomic mass is 10.2. The highest BCUT2D eigenvalue weighted by Gasteiger charge is 2.17. The van der Waals surface area contributed by atoms with Gasteiger partial charge in [0, 0.05) is 0 Å². The number of nitrogens with two attached hydrogens (primary N) is 1. The monoisotopic (exact) mass is 275 g/mol. The maximum absolute atomic E-state index is 5.96. The van der Waals surface area contributed by atoms with E-state index in [0.29, 0.717) is 33.7 Å². The average molecular weight is 276 g/mol. The molecule has 0 saturated carbocycles. The van der Waals surface area contributed by atoms with Crippen LogP contribution >= 0.6 is 11.6 Å². The molecule has 3 rings (SSSR count). The number of nitrogens with zero attached hydrogens (tertiary/aromatic N) is 2. The van der Waals surface area contributed by atoms with Crippen LogP contribution in [0.25, 0.3) is 23.0 Å². The Balaban J connectivity index is 2.07. The molecule has 0 amide bonds. The Kier molecular flexibility index (Phi) is 2.76. The number of aryl methyl sites for hydroxylation is 1. The maximum Gasteiger partial charge on any atom is 0.260 e. The summed E-state index contributed by atoms with van der Waals surface area (Å²) in [6.07, 6.45) is 1.58. The molecule has 0 spiro atoms. The van der Waals surface area contributed by atoms with Gasteiger partial charge < -0.3 is 14.7 Å². The van der Waals surface area contributed by atoms with Gasteiger partial charge in [0.2, 0.25) is 5.82 Å². The van der Waals surface area contributed by atoms with Gasteiger partial charge in [-0.15, -0.1) is 0 Å². The fourth-order valence-corrected chi connectivity index (χ4v) is 1.92. The molecule has 0 aliphatic carbocycles. The number of rotatable bonds is 2. The summed E-state index contributed by atoms with van der Waals surface area (Å²) in [5.74, 6) is 1.28. The summed E-state index contributed by atoms with van der Waals surface area (Å²) >= 11 is 5.96. The van der Waals surface area contributed by atoms with Gasteiger partial charge in [-0.25, -0.2) is 0 Å². The van der Waals surface area contributed by atoms with Gasteiger partial charge in [-0.05, 0) is 30.7 Å². The van der Waals surface area contributed by atoms with Crippen molar-refractivity contribution in [2.45, 2.75) is 6.92 Å². The van der Waals surface area contributed by atoms with Crippen LogP contribution in [0.5, 0.6) is 0 Å². The fourth-order valence-electron chi connectivity index (χ4n) is 1.75. The number of anilines is 1. The van der Waals surface area contributed by atoms with E-state index < -0.39 is 0 Å². The number of nitrogen functional groups attached to an aromatic ring is 1. The Morgan fingerprint density at radius 3 is 2.84 bits per heavy atom. The minimum absolute atomic E-state index is 0.311. The van der Waals surface area contributed by atoms with E-state index in [1.807, 2.05) is 13.0 Å². The van der Waals surface area contributed by atoms with Crippen molar-refractivity contribution in [3.05, 3.63) is 41.1 Å². The van der Waals surface area contributed by atoms with Gasteiger partial charge in [0.15, 0.2) is 5.76 Å².